The number of nitrogens with one attached hydrogen (secondary N) is 2. The van der Waals surface area contributed by atoms with E-state index < -0.39 is 17.9 Å². The molecule has 0 aliphatic rings. The maximum absolute atomic E-state index is 14.0. The Hall–Kier alpha value is -2.54. The predicted octanol–water partition coefficient (Wildman–Crippen LogP) is 3.45. The van der Waals surface area contributed by atoms with Crippen molar-refractivity contribution in [1.29, 1.82) is 0 Å². The molecule has 27 heavy (non-hydrogen) atoms. The minimum atomic E-state index is -0.809. The molecule has 0 aliphatic carbocycles. The summed E-state index contributed by atoms with van der Waals surface area (Å²) in [5, 5.41) is 5.23. The van der Waals surface area contributed by atoms with Gasteiger partial charge >= 0.3 is 6.03 Å². The van der Waals surface area contributed by atoms with Crippen LogP contribution >= 0.6 is 11.8 Å². The van der Waals surface area contributed by atoms with Gasteiger partial charge < -0.3 is 16.4 Å². The van der Waals surface area contributed by atoms with Crippen LogP contribution in [0, 0.1) is 19.7 Å². The maximum atomic E-state index is 14.0. The van der Waals surface area contributed by atoms with E-state index in [4.69, 9.17) is 5.73 Å². The number of aryl methyl sites for hydroxylation is 2. The van der Waals surface area contributed by atoms with Crippen molar-refractivity contribution in [3.8, 4) is 0 Å². The van der Waals surface area contributed by atoms with E-state index >= 15 is 0 Å². The van der Waals surface area contributed by atoms with E-state index in [-0.39, 0.29) is 17.9 Å². The fourth-order valence-electron chi connectivity index (χ4n) is 2.59. The SMILES string of the molecule is Cc1ccc(SCCNC(=O)C[C@@H](NC(N)=O)c2ccccc2F)cc1C. The first-order valence-electron chi connectivity index (χ1n) is 8.64. The molecule has 1 atom stereocenters. The molecule has 0 aromatic heterocycles. The Morgan fingerprint density at radius 3 is 2.56 bits per heavy atom. The van der Waals surface area contributed by atoms with Gasteiger partial charge in [0.05, 0.1) is 12.5 Å². The lowest BCUT2D eigenvalue weighted by molar-refractivity contribution is -0.121. The molecule has 0 aliphatic heterocycles. The van der Waals surface area contributed by atoms with E-state index in [0.717, 1.165) is 4.90 Å². The summed E-state index contributed by atoms with van der Waals surface area (Å²) in [5.74, 6) is -0.0611. The van der Waals surface area contributed by atoms with Crippen LogP contribution in [0.1, 0.15) is 29.2 Å². The van der Waals surface area contributed by atoms with E-state index in [0.29, 0.717) is 12.3 Å². The van der Waals surface area contributed by atoms with Crippen LogP contribution in [0.3, 0.4) is 0 Å². The van der Waals surface area contributed by atoms with Crippen LogP contribution in [0.4, 0.5) is 9.18 Å². The van der Waals surface area contributed by atoms with Gasteiger partial charge in [-0.15, -0.1) is 11.8 Å². The molecule has 2 aromatic rings. The van der Waals surface area contributed by atoms with Crippen molar-refractivity contribution in [2.75, 3.05) is 12.3 Å². The molecule has 0 saturated heterocycles. The van der Waals surface area contributed by atoms with E-state index in [1.54, 1.807) is 23.9 Å². The van der Waals surface area contributed by atoms with Gasteiger partial charge in [0.1, 0.15) is 5.82 Å². The van der Waals surface area contributed by atoms with Gasteiger partial charge in [0.2, 0.25) is 5.91 Å². The molecule has 0 unspecified atom stereocenters. The number of hydrogen-bond donors (Lipinski definition) is 3. The summed E-state index contributed by atoms with van der Waals surface area (Å²) in [4.78, 5) is 24.5. The van der Waals surface area contributed by atoms with Gasteiger partial charge in [-0.1, -0.05) is 24.3 Å². The molecule has 0 fully saturated rings. The molecule has 7 heteroatoms. The summed E-state index contributed by atoms with van der Waals surface area (Å²) in [6.45, 7) is 4.60. The molecule has 4 N–H and O–H groups in total. The molecule has 0 saturated carbocycles. The van der Waals surface area contributed by atoms with Gasteiger partial charge in [-0.25, -0.2) is 9.18 Å². The Kier molecular flexibility index (Phi) is 7.67. The Morgan fingerprint density at radius 2 is 1.89 bits per heavy atom. The molecule has 3 amide bonds. The summed E-state index contributed by atoms with van der Waals surface area (Å²) in [6.07, 6.45) is -0.0851. The summed E-state index contributed by atoms with van der Waals surface area (Å²) in [7, 11) is 0. The number of benzene rings is 2. The number of halogens is 1. The summed E-state index contributed by atoms with van der Waals surface area (Å²) < 4.78 is 14.0. The second-order valence-electron chi connectivity index (χ2n) is 6.23. The van der Waals surface area contributed by atoms with E-state index in [2.05, 4.69) is 42.7 Å². The van der Waals surface area contributed by atoms with Crippen molar-refractivity contribution >= 4 is 23.7 Å². The van der Waals surface area contributed by atoms with Crippen molar-refractivity contribution in [2.24, 2.45) is 5.73 Å². The van der Waals surface area contributed by atoms with E-state index in [9.17, 15) is 14.0 Å². The molecule has 5 nitrogen and oxygen atoms in total. The van der Waals surface area contributed by atoms with Gasteiger partial charge in [-0.05, 0) is 43.2 Å². The highest BCUT2D eigenvalue weighted by Crippen LogP contribution is 2.21. The summed E-state index contributed by atoms with van der Waals surface area (Å²) in [6, 6.07) is 10.6. The molecular formula is C20H24FN3O2S. The normalized spacial score (nSPS) is 11.7. The number of carbonyl (C=O) groups excluding carboxylic acids is 2. The number of urea groups is 1. The summed E-state index contributed by atoms with van der Waals surface area (Å²) >= 11 is 1.65. The smallest absolute Gasteiger partial charge is 0.312 e. The lowest BCUT2D eigenvalue weighted by atomic mass is 10.0. The quantitative estimate of drug-likeness (QED) is 0.478. The standard InChI is InChI=1S/C20H24FN3O2S/c1-13-7-8-15(11-14(13)2)27-10-9-23-19(25)12-18(24-20(22)26)16-5-3-4-6-17(16)21/h3-8,11,18H,9-10,12H2,1-2H3,(H,23,25)(H3,22,24,26)/t18-/m1/s1. The Labute approximate surface area is 162 Å². The van der Waals surface area contributed by atoms with Gasteiger partial charge in [0, 0.05) is 22.8 Å². The first kappa shape index (κ1) is 20.8. The fraction of sp³-hybridized carbons (Fsp3) is 0.300. The number of primary amides is 1. The zero-order valence-corrected chi connectivity index (χ0v) is 16.2. The van der Waals surface area contributed by atoms with E-state index in [1.807, 2.05) is 0 Å². The third-order valence-electron chi connectivity index (χ3n) is 4.16. The highest BCUT2D eigenvalue weighted by atomic mass is 32.2. The molecule has 2 rings (SSSR count). The Bertz CT molecular complexity index is 814. The van der Waals surface area contributed by atoms with Crippen molar-refractivity contribution in [3.05, 3.63) is 65.0 Å². The van der Waals surface area contributed by atoms with Gasteiger partial charge in [0.25, 0.3) is 0 Å². The fourth-order valence-corrected chi connectivity index (χ4v) is 3.45. The zero-order valence-electron chi connectivity index (χ0n) is 15.4. The van der Waals surface area contributed by atoms with Crippen molar-refractivity contribution < 1.29 is 14.0 Å². The second-order valence-corrected chi connectivity index (χ2v) is 7.40. The molecule has 2 aromatic carbocycles. The van der Waals surface area contributed by atoms with Crippen LogP contribution in [0.5, 0.6) is 0 Å². The van der Waals surface area contributed by atoms with E-state index in [1.165, 1.54) is 23.3 Å². The van der Waals surface area contributed by atoms with Gasteiger partial charge in [-0.3, -0.25) is 4.79 Å². The molecular weight excluding hydrogens is 365 g/mol. The van der Waals surface area contributed by atoms with Crippen LogP contribution < -0.4 is 16.4 Å². The zero-order chi connectivity index (χ0) is 19.8. The van der Waals surface area contributed by atoms with Crippen molar-refractivity contribution in [3.63, 3.8) is 0 Å². The highest BCUT2D eigenvalue weighted by Gasteiger charge is 2.20. The van der Waals surface area contributed by atoms with Crippen LogP contribution in [0.15, 0.2) is 47.4 Å². The van der Waals surface area contributed by atoms with Crippen LogP contribution in [-0.2, 0) is 4.79 Å². The lowest BCUT2D eigenvalue weighted by Crippen LogP contribution is -2.37. The average molecular weight is 389 g/mol. The number of carbonyl (C=O) groups is 2. The van der Waals surface area contributed by atoms with Crippen LogP contribution in [0.2, 0.25) is 0 Å². The third kappa shape index (κ3) is 6.60. The van der Waals surface area contributed by atoms with Crippen LogP contribution in [-0.4, -0.2) is 24.2 Å². The Morgan fingerprint density at radius 1 is 1.15 bits per heavy atom. The number of thioether (sulfide) groups is 1. The highest BCUT2D eigenvalue weighted by molar-refractivity contribution is 7.99. The molecule has 0 spiro atoms. The summed E-state index contributed by atoms with van der Waals surface area (Å²) in [5.41, 5.74) is 7.87. The lowest BCUT2D eigenvalue weighted by Gasteiger charge is -2.18. The molecule has 0 heterocycles. The minimum Gasteiger partial charge on any atom is -0.355 e. The maximum Gasteiger partial charge on any atom is 0.312 e. The molecule has 144 valence electrons. The first-order chi connectivity index (χ1) is 12.9. The molecule has 0 bridgehead atoms. The predicted molar refractivity (Wildman–Crippen MR) is 106 cm³/mol. The number of rotatable bonds is 8. The Balaban J connectivity index is 1.85. The average Bonchev–Trinajstić information content (AvgIpc) is 2.61. The topological polar surface area (TPSA) is 84.2 Å². The second kappa shape index (κ2) is 9.97. The number of amides is 3. The number of hydrogen-bond acceptors (Lipinski definition) is 3. The number of nitrogens with two attached hydrogens (primary N) is 1. The molecule has 0 radical (unpaired) electrons. The largest absolute Gasteiger partial charge is 0.355 e. The first-order valence-corrected chi connectivity index (χ1v) is 9.62. The monoisotopic (exact) mass is 389 g/mol. The van der Waals surface area contributed by atoms with Gasteiger partial charge in [0.15, 0.2) is 0 Å². The minimum absolute atomic E-state index is 0.0851. The van der Waals surface area contributed by atoms with Crippen LogP contribution in [0.25, 0.3) is 0 Å². The van der Waals surface area contributed by atoms with Crippen molar-refractivity contribution in [2.45, 2.75) is 31.2 Å². The third-order valence-corrected chi connectivity index (χ3v) is 5.15. The van der Waals surface area contributed by atoms with Gasteiger partial charge in [-0.2, -0.15) is 0 Å². The van der Waals surface area contributed by atoms with Crippen molar-refractivity contribution in [1.82, 2.24) is 10.6 Å².